The van der Waals surface area contributed by atoms with Crippen LogP contribution in [-0.2, 0) is 6.42 Å². The summed E-state index contributed by atoms with van der Waals surface area (Å²) in [6.45, 7) is 0.836. The molecule has 1 aromatic heterocycles. The van der Waals surface area contributed by atoms with Crippen molar-refractivity contribution in [3.63, 3.8) is 0 Å². The van der Waals surface area contributed by atoms with E-state index in [0.29, 0.717) is 13.2 Å². The summed E-state index contributed by atoms with van der Waals surface area (Å²) >= 11 is 0. The number of carbonyl (C=O) groups excluding carboxylic acids is 1. The van der Waals surface area contributed by atoms with Crippen molar-refractivity contribution in [1.82, 2.24) is 15.3 Å². The summed E-state index contributed by atoms with van der Waals surface area (Å²) in [5.41, 5.74) is 0.710. The monoisotopic (exact) mass is 331 g/mol. The molecule has 0 saturated carbocycles. The molecule has 0 spiro atoms. The Morgan fingerprint density at radius 1 is 1.50 bits per heavy atom. The first kappa shape index (κ1) is 15.9. The molecule has 3 N–H and O–H groups in total. The molecular weight excluding hydrogens is 314 g/mol. The molecule has 0 fully saturated rings. The van der Waals surface area contributed by atoms with E-state index in [1.54, 1.807) is 7.11 Å². The van der Waals surface area contributed by atoms with E-state index in [9.17, 15) is 9.59 Å². The van der Waals surface area contributed by atoms with Crippen molar-refractivity contribution >= 4 is 11.9 Å². The maximum atomic E-state index is 12.1. The number of nitrogens with one attached hydrogen (secondary N) is 2. The molecule has 0 bridgehead atoms. The van der Waals surface area contributed by atoms with Crippen LogP contribution in [0.5, 0.6) is 11.5 Å². The Bertz CT molecular complexity index is 771. The van der Waals surface area contributed by atoms with E-state index in [1.165, 1.54) is 6.33 Å². The number of H-pyrrole nitrogens is 1. The van der Waals surface area contributed by atoms with Crippen LogP contribution in [0.15, 0.2) is 24.5 Å². The van der Waals surface area contributed by atoms with Gasteiger partial charge in [0.15, 0.2) is 11.4 Å². The van der Waals surface area contributed by atoms with Crippen LogP contribution in [0, 0.1) is 5.92 Å². The first-order chi connectivity index (χ1) is 11.6. The fourth-order valence-electron chi connectivity index (χ4n) is 2.62. The number of hydrogen-bond acceptors (Lipinski definition) is 5. The number of imidazole rings is 1. The van der Waals surface area contributed by atoms with Gasteiger partial charge in [-0.1, -0.05) is 6.07 Å². The second-order valence-electron chi connectivity index (χ2n) is 5.50. The third-order valence-electron chi connectivity index (χ3n) is 3.88. The van der Waals surface area contributed by atoms with E-state index in [1.807, 2.05) is 18.2 Å². The lowest BCUT2D eigenvalue weighted by molar-refractivity contribution is 0.0684. The summed E-state index contributed by atoms with van der Waals surface area (Å²) in [5, 5.41) is 11.7. The van der Waals surface area contributed by atoms with E-state index < -0.39 is 11.9 Å². The average molecular weight is 331 g/mol. The van der Waals surface area contributed by atoms with Gasteiger partial charge in [-0.3, -0.25) is 4.79 Å². The van der Waals surface area contributed by atoms with Gasteiger partial charge in [0.1, 0.15) is 11.5 Å². The van der Waals surface area contributed by atoms with Crippen molar-refractivity contribution in [3.8, 4) is 11.5 Å². The van der Waals surface area contributed by atoms with Gasteiger partial charge in [0.2, 0.25) is 0 Å². The molecule has 0 aliphatic carbocycles. The molecule has 24 heavy (non-hydrogen) atoms. The van der Waals surface area contributed by atoms with Crippen molar-refractivity contribution in [2.24, 2.45) is 5.92 Å². The largest absolute Gasteiger partial charge is 0.497 e. The van der Waals surface area contributed by atoms with Gasteiger partial charge in [-0.25, -0.2) is 9.78 Å². The van der Waals surface area contributed by atoms with Crippen LogP contribution in [0.1, 0.15) is 26.5 Å². The number of carbonyl (C=O) groups is 2. The third kappa shape index (κ3) is 3.17. The van der Waals surface area contributed by atoms with E-state index in [4.69, 9.17) is 14.6 Å². The minimum atomic E-state index is -1.22. The van der Waals surface area contributed by atoms with Gasteiger partial charge in [-0.15, -0.1) is 0 Å². The summed E-state index contributed by atoms with van der Waals surface area (Å²) in [4.78, 5) is 29.3. The molecule has 1 atom stereocenters. The molecule has 2 aromatic rings. The molecule has 0 radical (unpaired) electrons. The van der Waals surface area contributed by atoms with Crippen molar-refractivity contribution < 1.29 is 24.2 Å². The number of nitrogens with zero attached hydrogens (tertiary/aromatic N) is 1. The Balaban J connectivity index is 1.60. The highest BCUT2D eigenvalue weighted by Gasteiger charge is 2.23. The molecule has 1 aliphatic heterocycles. The highest BCUT2D eigenvalue weighted by Crippen LogP contribution is 2.30. The number of hydrogen-bond donors (Lipinski definition) is 3. The first-order valence-electron chi connectivity index (χ1n) is 7.43. The molecular formula is C16H17N3O5. The Morgan fingerprint density at radius 3 is 3.08 bits per heavy atom. The van der Waals surface area contributed by atoms with Crippen molar-refractivity contribution in [2.75, 3.05) is 20.3 Å². The Hall–Kier alpha value is -3.03. The van der Waals surface area contributed by atoms with Crippen LogP contribution in [-0.4, -0.2) is 47.2 Å². The molecule has 0 saturated heterocycles. The zero-order chi connectivity index (χ0) is 17.1. The first-order valence-corrected chi connectivity index (χ1v) is 7.43. The van der Waals surface area contributed by atoms with Crippen LogP contribution in [0.2, 0.25) is 0 Å². The van der Waals surface area contributed by atoms with E-state index in [0.717, 1.165) is 23.5 Å². The molecule has 1 unspecified atom stereocenters. The van der Waals surface area contributed by atoms with Crippen LogP contribution in [0.4, 0.5) is 0 Å². The maximum absolute atomic E-state index is 12.1. The number of benzene rings is 1. The molecule has 8 nitrogen and oxygen atoms in total. The van der Waals surface area contributed by atoms with Crippen LogP contribution < -0.4 is 14.8 Å². The minimum absolute atomic E-state index is 0.0991. The quantitative estimate of drug-likeness (QED) is 0.756. The zero-order valence-corrected chi connectivity index (χ0v) is 13.0. The lowest BCUT2D eigenvalue weighted by atomic mass is 9.96. The van der Waals surface area contributed by atoms with Crippen LogP contribution in [0.25, 0.3) is 0 Å². The Kier molecular flexibility index (Phi) is 4.37. The molecule has 2 heterocycles. The lowest BCUT2D eigenvalue weighted by Crippen LogP contribution is -2.35. The Morgan fingerprint density at radius 2 is 2.33 bits per heavy atom. The molecule has 126 valence electrons. The van der Waals surface area contributed by atoms with Crippen molar-refractivity contribution in [3.05, 3.63) is 41.5 Å². The number of aromatic nitrogens is 2. The molecule has 3 rings (SSSR count). The summed E-state index contributed by atoms with van der Waals surface area (Å²) in [6.07, 6.45) is 1.94. The van der Waals surface area contributed by atoms with Gasteiger partial charge in [0.05, 0.1) is 20.0 Å². The second-order valence-corrected chi connectivity index (χ2v) is 5.50. The summed E-state index contributed by atoms with van der Waals surface area (Å²) in [6, 6.07) is 5.65. The molecule has 1 aromatic carbocycles. The number of methoxy groups -OCH3 is 1. The van der Waals surface area contributed by atoms with E-state index in [-0.39, 0.29) is 17.3 Å². The number of rotatable bonds is 5. The number of carboxylic acids is 1. The van der Waals surface area contributed by atoms with Gasteiger partial charge in [0, 0.05) is 18.5 Å². The minimum Gasteiger partial charge on any atom is -0.497 e. The maximum Gasteiger partial charge on any atom is 0.354 e. The fraction of sp³-hybridized carbons (Fsp3) is 0.312. The van der Waals surface area contributed by atoms with Gasteiger partial charge >= 0.3 is 5.97 Å². The van der Waals surface area contributed by atoms with Crippen molar-refractivity contribution in [1.29, 1.82) is 0 Å². The number of aromatic amines is 1. The second kappa shape index (κ2) is 6.61. The van der Waals surface area contributed by atoms with Crippen LogP contribution >= 0.6 is 0 Å². The third-order valence-corrected chi connectivity index (χ3v) is 3.88. The average Bonchev–Trinajstić information content (AvgIpc) is 3.09. The fourth-order valence-corrected chi connectivity index (χ4v) is 2.62. The van der Waals surface area contributed by atoms with Crippen LogP contribution in [0.3, 0.4) is 0 Å². The Labute approximate surface area is 137 Å². The topological polar surface area (TPSA) is 114 Å². The number of ether oxygens (including phenoxy) is 2. The van der Waals surface area contributed by atoms with Gasteiger partial charge < -0.3 is 24.9 Å². The standard InChI is InChI=1S/C16H17N3O5/c1-23-11-3-2-10-4-9(7-24-12(10)5-11)6-17-15(20)13-14(16(21)22)19-8-18-13/h2-3,5,8-9H,4,6-7H2,1H3,(H,17,20)(H,18,19)(H,21,22). The van der Waals surface area contributed by atoms with E-state index >= 15 is 0 Å². The SMILES string of the molecule is COc1ccc2c(c1)OCC(CNC(=O)c1nc[nH]c1C(=O)O)C2. The molecule has 8 heteroatoms. The number of carboxylic acid groups (broad SMARTS) is 1. The molecule has 1 amide bonds. The molecule has 1 aliphatic rings. The summed E-state index contributed by atoms with van der Waals surface area (Å²) < 4.78 is 10.9. The number of amides is 1. The van der Waals surface area contributed by atoms with Crippen molar-refractivity contribution in [2.45, 2.75) is 6.42 Å². The normalized spacial score (nSPS) is 16.0. The number of aromatic carboxylic acids is 1. The predicted octanol–water partition coefficient (Wildman–Crippen LogP) is 1.10. The highest BCUT2D eigenvalue weighted by atomic mass is 16.5. The van der Waals surface area contributed by atoms with Gasteiger partial charge in [0.25, 0.3) is 5.91 Å². The van der Waals surface area contributed by atoms with Gasteiger partial charge in [-0.2, -0.15) is 0 Å². The summed E-state index contributed by atoms with van der Waals surface area (Å²) in [5.74, 6) is -0.115. The van der Waals surface area contributed by atoms with E-state index in [2.05, 4.69) is 15.3 Å². The zero-order valence-electron chi connectivity index (χ0n) is 13.0. The number of fused-ring (bicyclic) bond motifs is 1. The van der Waals surface area contributed by atoms with Gasteiger partial charge in [-0.05, 0) is 18.1 Å². The summed E-state index contributed by atoms with van der Waals surface area (Å²) in [7, 11) is 1.60. The highest BCUT2D eigenvalue weighted by molar-refractivity contribution is 6.02. The smallest absolute Gasteiger partial charge is 0.354 e. The predicted molar refractivity (Wildman–Crippen MR) is 83.6 cm³/mol. The lowest BCUT2D eigenvalue weighted by Gasteiger charge is -2.25.